The molecule has 1 aromatic carbocycles. The molecule has 1 aromatic heterocycles. The van der Waals surface area contributed by atoms with Crippen LogP contribution in [0.25, 0.3) is 0 Å². The molecule has 1 N–H and O–H groups in total. The van der Waals surface area contributed by atoms with E-state index in [1.54, 1.807) is 11.6 Å². The zero-order valence-electron chi connectivity index (χ0n) is 17.4. The third kappa shape index (κ3) is 3.29. The molecule has 1 amide bonds. The van der Waals surface area contributed by atoms with Gasteiger partial charge in [-0.3, -0.25) is 14.3 Å². The lowest BCUT2D eigenvalue weighted by Gasteiger charge is -2.36. The van der Waals surface area contributed by atoms with Gasteiger partial charge in [-0.25, -0.2) is 0 Å². The van der Waals surface area contributed by atoms with Crippen molar-refractivity contribution in [3.8, 4) is 0 Å². The minimum atomic E-state index is -0.278. The highest BCUT2D eigenvalue weighted by Crippen LogP contribution is 2.51. The smallest absolute Gasteiger partial charge is 0.244 e. The number of amides is 1. The van der Waals surface area contributed by atoms with E-state index < -0.39 is 0 Å². The number of hydrogen-bond donors (Lipinski definition) is 1. The maximum absolute atomic E-state index is 13.3. The lowest BCUT2D eigenvalue weighted by atomic mass is 9.70. The van der Waals surface area contributed by atoms with Gasteiger partial charge in [0.1, 0.15) is 6.54 Å². The predicted molar refractivity (Wildman–Crippen MR) is 110 cm³/mol. The van der Waals surface area contributed by atoms with E-state index in [-0.39, 0.29) is 42.3 Å². The first-order valence-corrected chi connectivity index (χ1v) is 10.4. The minimum absolute atomic E-state index is 0.0258. The van der Waals surface area contributed by atoms with Crippen LogP contribution in [0.5, 0.6) is 0 Å². The van der Waals surface area contributed by atoms with E-state index in [0.29, 0.717) is 11.3 Å². The van der Waals surface area contributed by atoms with Crippen LogP contribution in [0.3, 0.4) is 0 Å². The number of aryl methyl sites for hydroxylation is 1. The van der Waals surface area contributed by atoms with Gasteiger partial charge in [0.25, 0.3) is 0 Å². The van der Waals surface area contributed by atoms with Gasteiger partial charge in [-0.2, -0.15) is 5.10 Å². The Morgan fingerprint density at radius 1 is 1.21 bits per heavy atom. The Kier molecular flexibility index (Phi) is 5.07. The van der Waals surface area contributed by atoms with Crippen molar-refractivity contribution in [2.24, 2.45) is 5.41 Å². The van der Waals surface area contributed by atoms with E-state index in [1.807, 2.05) is 30.0 Å². The molecule has 0 radical (unpaired) electrons. The normalized spacial score (nSPS) is 25.6. The minimum Gasteiger partial charge on any atom is -0.396 e. The first kappa shape index (κ1) is 19.8. The van der Waals surface area contributed by atoms with Gasteiger partial charge in [0, 0.05) is 23.2 Å². The van der Waals surface area contributed by atoms with Gasteiger partial charge in [-0.05, 0) is 52.0 Å². The maximum Gasteiger partial charge on any atom is 0.244 e. The molecule has 2 aliphatic heterocycles. The fourth-order valence-electron chi connectivity index (χ4n) is 5.66. The van der Waals surface area contributed by atoms with Crippen molar-refractivity contribution >= 4 is 11.7 Å². The number of Topliss-reactive ketones (excluding diaryl/α,β-unsaturated/α-hetero) is 1. The number of ketones is 1. The lowest BCUT2D eigenvalue weighted by molar-refractivity contribution is -0.134. The number of aliphatic hydroxyl groups is 1. The molecule has 2 saturated heterocycles. The Balaban J connectivity index is 1.56. The molecule has 6 heteroatoms. The molecule has 4 rings (SSSR count). The Labute approximate surface area is 171 Å². The van der Waals surface area contributed by atoms with Crippen LogP contribution in [-0.2, 0) is 17.8 Å². The molecule has 0 spiro atoms. The number of carbonyl (C=O) groups excluding carboxylic acids is 2. The van der Waals surface area contributed by atoms with Crippen LogP contribution in [0.2, 0.25) is 0 Å². The molecule has 2 aromatic rings. The van der Waals surface area contributed by atoms with E-state index in [4.69, 9.17) is 0 Å². The van der Waals surface area contributed by atoms with Crippen molar-refractivity contribution in [3.05, 3.63) is 52.8 Å². The quantitative estimate of drug-likeness (QED) is 0.763. The van der Waals surface area contributed by atoms with Gasteiger partial charge < -0.3 is 10.0 Å². The highest BCUT2D eigenvalue weighted by atomic mass is 16.3. The van der Waals surface area contributed by atoms with Crippen LogP contribution < -0.4 is 0 Å². The van der Waals surface area contributed by atoms with Crippen molar-refractivity contribution < 1.29 is 14.7 Å². The van der Waals surface area contributed by atoms with Gasteiger partial charge in [-0.1, -0.05) is 30.3 Å². The third-order valence-electron chi connectivity index (χ3n) is 6.87. The van der Waals surface area contributed by atoms with Gasteiger partial charge in [0.2, 0.25) is 5.91 Å². The first-order valence-electron chi connectivity index (χ1n) is 10.4. The molecule has 3 heterocycles. The number of fused-ring (bicyclic) bond motifs is 2. The Bertz CT molecular complexity index is 936. The van der Waals surface area contributed by atoms with Gasteiger partial charge in [0.15, 0.2) is 5.78 Å². The summed E-state index contributed by atoms with van der Waals surface area (Å²) in [6.07, 6.45) is 3.54. The van der Waals surface area contributed by atoms with Crippen molar-refractivity contribution in [2.45, 2.75) is 65.1 Å². The summed E-state index contributed by atoms with van der Waals surface area (Å²) in [6.45, 7) is 5.40. The van der Waals surface area contributed by atoms with Crippen LogP contribution in [0.1, 0.15) is 53.5 Å². The van der Waals surface area contributed by atoms with Crippen molar-refractivity contribution in [2.75, 3.05) is 6.61 Å². The van der Waals surface area contributed by atoms with Crippen molar-refractivity contribution in [1.82, 2.24) is 14.7 Å². The Morgan fingerprint density at radius 3 is 2.55 bits per heavy atom. The van der Waals surface area contributed by atoms with Gasteiger partial charge in [-0.15, -0.1) is 0 Å². The highest BCUT2D eigenvalue weighted by Gasteiger charge is 2.56. The van der Waals surface area contributed by atoms with Crippen molar-refractivity contribution in [1.29, 1.82) is 0 Å². The fraction of sp³-hybridized carbons (Fsp3) is 0.522. The number of aliphatic hydroxyl groups excluding tert-OH is 1. The number of hydrogen-bond acceptors (Lipinski definition) is 4. The van der Waals surface area contributed by atoms with Crippen LogP contribution in [0.4, 0.5) is 0 Å². The number of rotatable bonds is 6. The number of nitrogens with zero attached hydrogens (tertiary/aromatic N) is 3. The van der Waals surface area contributed by atoms with Crippen LogP contribution >= 0.6 is 0 Å². The monoisotopic (exact) mass is 395 g/mol. The van der Waals surface area contributed by atoms with Gasteiger partial charge >= 0.3 is 0 Å². The second-order valence-corrected chi connectivity index (χ2v) is 8.69. The Hall–Kier alpha value is -2.47. The zero-order valence-corrected chi connectivity index (χ0v) is 17.4. The molecule has 154 valence electrons. The fourth-order valence-corrected chi connectivity index (χ4v) is 5.66. The molecule has 0 aliphatic carbocycles. The van der Waals surface area contributed by atoms with Crippen LogP contribution in [0, 0.1) is 19.3 Å². The second kappa shape index (κ2) is 7.41. The molecule has 3 atom stereocenters. The summed E-state index contributed by atoms with van der Waals surface area (Å²) in [6, 6.07) is 10.4. The highest BCUT2D eigenvalue weighted by molar-refractivity contribution is 5.96. The summed E-state index contributed by atoms with van der Waals surface area (Å²) in [5.74, 6) is 0.00342. The summed E-state index contributed by atoms with van der Waals surface area (Å²) >= 11 is 0. The molecule has 29 heavy (non-hydrogen) atoms. The van der Waals surface area contributed by atoms with Crippen molar-refractivity contribution in [3.63, 3.8) is 0 Å². The van der Waals surface area contributed by atoms with Crippen LogP contribution in [0.15, 0.2) is 30.3 Å². The topological polar surface area (TPSA) is 75.4 Å². The Morgan fingerprint density at radius 2 is 1.93 bits per heavy atom. The molecule has 2 bridgehead atoms. The maximum atomic E-state index is 13.3. The second-order valence-electron chi connectivity index (χ2n) is 8.69. The molecule has 2 fully saturated rings. The first-order chi connectivity index (χ1) is 13.9. The number of aromatic nitrogens is 2. The summed E-state index contributed by atoms with van der Waals surface area (Å²) < 4.78 is 1.66. The number of benzene rings is 1. The third-order valence-corrected chi connectivity index (χ3v) is 6.87. The van der Waals surface area contributed by atoms with E-state index in [0.717, 1.165) is 31.4 Å². The molecular formula is C23H29N3O3. The van der Waals surface area contributed by atoms with E-state index in [2.05, 4.69) is 17.2 Å². The molecule has 2 aliphatic rings. The van der Waals surface area contributed by atoms with Gasteiger partial charge in [0.05, 0.1) is 17.9 Å². The average molecular weight is 396 g/mol. The lowest BCUT2D eigenvalue weighted by Crippen LogP contribution is -2.45. The average Bonchev–Trinajstić information content (AvgIpc) is 3.32. The van der Waals surface area contributed by atoms with E-state index >= 15 is 0 Å². The SMILES string of the molecule is CC(=O)c1c(C)nn(CC(=O)N2[C@@H]3CC[C@H]2[C@](CO)(Cc2ccccc2)C3)c1C. The van der Waals surface area contributed by atoms with E-state index in [9.17, 15) is 14.7 Å². The zero-order chi connectivity index (χ0) is 20.8. The standard InChI is InChI=1S/C23H29N3O3/c1-15-22(17(3)28)16(2)25(24-15)13-21(29)26-19-9-10-20(26)23(12-19,14-27)11-18-7-5-4-6-8-18/h4-8,19-20,27H,9-14H2,1-3H3/t19-,20+,23-/m1/s1. The summed E-state index contributed by atoms with van der Waals surface area (Å²) in [7, 11) is 0. The van der Waals surface area contributed by atoms with E-state index in [1.165, 1.54) is 12.5 Å². The number of carbonyl (C=O) groups is 2. The summed E-state index contributed by atoms with van der Waals surface area (Å²) in [5, 5.41) is 14.8. The molecule has 0 saturated carbocycles. The predicted octanol–water partition coefficient (Wildman–Crippen LogP) is 2.69. The molecule has 6 nitrogen and oxygen atoms in total. The molecular weight excluding hydrogens is 366 g/mol. The largest absolute Gasteiger partial charge is 0.396 e. The van der Waals surface area contributed by atoms with Crippen LogP contribution in [-0.4, -0.2) is 50.2 Å². The molecule has 0 unspecified atom stereocenters. The summed E-state index contributed by atoms with van der Waals surface area (Å²) in [4.78, 5) is 27.2. The summed E-state index contributed by atoms with van der Waals surface area (Å²) in [5.41, 5.74) is 2.94.